The number of hydrogen-bond donors (Lipinski definition) is 1. The normalized spacial score (nSPS) is 54.4. The maximum Gasteiger partial charge on any atom is 0.0684 e. The van der Waals surface area contributed by atoms with Crippen molar-refractivity contribution in [3.63, 3.8) is 0 Å². The summed E-state index contributed by atoms with van der Waals surface area (Å²) in [5.41, 5.74) is -0.222. The zero-order chi connectivity index (χ0) is 9.76. The molecule has 14 heavy (non-hydrogen) atoms. The molecule has 0 aromatic heterocycles. The van der Waals surface area contributed by atoms with E-state index in [4.69, 9.17) is 0 Å². The van der Waals surface area contributed by atoms with Crippen LogP contribution >= 0.6 is 0 Å². The van der Waals surface area contributed by atoms with Crippen molar-refractivity contribution in [2.75, 3.05) is 0 Å². The SMILES string of the molecule is CCCCC1(O)CC2C3CCC(C3)C21. The molecule has 1 nitrogen and oxygen atoms in total. The van der Waals surface area contributed by atoms with Crippen LogP contribution in [-0.4, -0.2) is 10.7 Å². The first-order chi connectivity index (χ1) is 6.74. The van der Waals surface area contributed by atoms with Gasteiger partial charge in [0.25, 0.3) is 0 Å². The van der Waals surface area contributed by atoms with Gasteiger partial charge in [0.15, 0.2) is 0 Å². The van der Waals surface area contributed by atoms with E-state index in [0.717, 1.165) is 30.6 Å². The molecule has 0 aromatic rings. The zero-order valence-corrected chi connectivity index (χ0v) is 9.21. The van der Waals surface area contributed by atoms with Crippen molar-refractivity contribution < 1.29 is 5.11 Å². The third kappa shape index (κ3) is 1.05. The molecule has 0 radical (unpaired) electrons. The van der Waals surface area contributed by atoms with E-state index in [2.05, 4.69) is 6.92 Å². The van der Waals surface area contributed by atoms with Gasteiger partial charge in [-0.2, -0.15) is 0 Å². The average molecular weight is 194 g/mol. The standard InChI is InChI=1S/C13H22O/c1-2-3-6-13(14)8-11-9-4-5-10(7-9)12(11)13/h9-12,14H,2-8H2,1H3. The molecule has 0 aliphatic heterocycles. The maximum atomic E-state index is 10.5. The first-order valence-electron chi connectivity index (χ1n) is 6.47. The van der Waals surface area contributed by atoms with Crippen molar-refractivity contribution in [3.8, 4) is 0 Å². The number of hydrogen-bond acceptors (Lipinski definition) is 1. The molecule has 5 unspecified atom stereocenters. The molecule has 3 aliphatic carbocycles. The summed E-state index contributed by atoms with van der Waals surface area (Å²) in [5, 5.41) is 10.5. The van der Waals surface area contributed by atoms with E-state index in [9.17, 15) is 5.11 Å². The molecule has 3 rings (SSSR count). The van der Waals surface area contributed by atoms with Crippen molar-refractivity contribution in [3.05, 3.63) is 0 Å². The Morgan fingerprint density at radius 2 is 2.07 bits per heavy atom. The van der Waals surface area contributed by atoms with Gasteiger partial charge in [0.2, 0.25) is 0 Å². The Morgan fingerprint density at radius 1 is 1.29 bits per heavy atom. The highest BCUT2D eigenvalue weighted by Crippen LogP contribution is 2.66. The highest BCUT2D eigenvalue weighted by atomic mass is 16.3. The lowest BCUT2D eigenvalue weighted by atomic mass is 9.54. The van der Waals surface area contributed by atoms with Crippen molar-refractivity contribution in [2.24, 2.45) is 23.7 Å². The molecule has 0 saturated heterocycles. The van der Waals surface area contributed by atoms with Crippen LogP contribution in [0.25, 0.3) is 0 Å². The van der Waals surface area contributed by atoms with E-state index in [-0.39, 0.29) is 5.60 Å². The van der Waals surface area contributed by atoms with Crippen molar-refractivity contribution >= 4 is 0 Å². The first kappa shape index (κ1) is 9.21. The fraction of sp³-hybridized carbons (Fsp3) is 1.00. The quantitative estimate of drug-likeness (QED) is 0.732. The number of unbranched alkanes of at least 4 members (excludes halogenated alkanes) is 1. The summed E-state index contributed by atoms with van der Waals surface area (Å²) in [4.78, 5) is 0. The topological polar surface area (TPSA) is 20.2 Å². The molecule has 0 aromatic carbocycles. The van der Waals surface area contributed by atoms with Gasteiger partial charge in [-0.3, -0.25) is 0 Å². The first-order valence-corrected chi connectivity index (χ1v) is 6.47. The zero-order valence-electron chi connectivity index (χ0n) is 9.21. The van der Waals surface area contributed by atoms with Crippen molar-refractivity contribution in [1.82, 2.24) is 0 Å². The summed E-state index contributed by atoms with van der Waals surface area (Å²) in [5.74, 6) is 3.55. The summed E-state index contributed by atoms with van der Waals surface area (Å²) >= 11 is 0. The summed E-state index contributed by atoms with van der Waals surface area (Å²) in [6, 6.07) is 0. The highest BCUT2D eigenvalue weighted by Gasteiger charge is 2.63. The van der Waals surface area contributed by atoms with Crippen LogP contribution in [0.4, 0.5) is 0 Å². The fourth-order valence-electron chi connectivity index (χ4n) is 4.68. The van der Waals surface area contributed by atoms with Crippen LogP contribution in [0, 0.1) is 23.7 Å². The largest absolute Gasteiger partial charge is 0.390 e. The molecule has 0 spiro atoms. The molecule has 2 bridgehead atoms. The monoisotopic (exact) mass is 194 g/mol. The molecule has 80 valence electrons. The smallest absolute Gasteiger partial charge is 0.0684 e. The van der Waals surface area contributed by atoms with Gasteiger partial charge in [0, 0.05) is 0 Å². The predicted octanol–water partition coefficient (Wildman–Crippen LogP) is 2.97. The number of rotatable bonds is 3. The third-order valence-electron chi connectivity index (χ3n) is 5.26. The van der Waals surface area contributed by atoms with E-state index in [0.29, 0.717) is 5.92 Å². The van der Waals surface area contributed by atoms with Crippen molar-refractivity contribution in [1.29, 1.82) is 0 Å². The second-order valence-corrected chi connectivity index (χ2v) is 5.93. The molecule has 0 heterocycles. The molecular formula is C13H22O. The Morgan fingerprint density at radius 3 is 2.79 bits per heavy atom. The summed E-state index contributed by atoms with van der Waals surface area (Å²) in [6.45, 7) is 2.22. The van der Waals surface area contributed by atoms with Crippen LogP contribution in [0.3, 0.4) is 0 Å². The Hall–Kier alpha value is -0.0400. The lowest BCUT2D eigenvalue weighted by Gasteiger charge is -2.54. The Balaban J connectivity index is 1.69. The summed E-state index contributed by atoms with van der Waals surface area (Å²) in [6.07, 6.45) is 9.00. The van der Waals surface area contributed by atoms with Crippen molar-refractivity contribution in [2.45, 2.75) is 57.5 Å². The van der Waals surface area contributed by atoms with E-state index >= 15 is 0 Å². The second-order valence-electron chi connectivity index (χ2n) is 5.93. The molecular weight excluding hydrogens is 172 g/mol. The van der Waals surface area contributed by atoms with Gasteiger partial charge in [0.05, 0.1) is 5.60 Å². The minimum Gasteiger partial charge on any atom is -0.390 e. The van der Waals surface area contributed by atoms with Gasteiger partial charge in [-0.15, -0.1) is 0 Å². The van der Waals surface area contributed by atoms with Crippen LogP contribution in [0.1, 0.15) is 51.9 Å². The highest BCUT2D eigenvalue weighted by molar-refractivity contribution is 5.13. The van der Waals surface area contributed by atoms with E-state index in [1.807, 2.05) is 0 Å². The number of fused-ring (bicyclic) bond motifs is 5. The van der Waals surface area contributed by atoms with Crippen LogP contribution in [0.2, 0.25) is 0 Å². The maximum absolute atomic E-state index is 10.5. The van der Waals surface area contributed by atoms with E-state index in [1.165, 1.54) is 32.1 Å². The lowest BCUT2D eigenvalue weighted by molar-refractivity contribution is -0.164. The van der Waals surface area contributed by atoms with Gasteiger partial charge in [-0.25, -0.2) is 0 Å². The predicted molar refractivity (Wildman–Crippen MR) is 56.9 cm³/mol. The van der Waals surface area contributed by atoms with Gasteiger partial charge >= 0.3 is 0 Å². The Bertz CT molecular complexity index is 235. The third-order valence-corrected chi connectivity index (χ3v) is 5.26. The molecule has 1 N–H and O–H groups in total. The summed E-state index contributed by atoms with van der Waals surface area (Å²) in [7, 11) is 0. The average Bonchev–Trinajstić information content (AvgIpc) is 2.69. The minimum atomic E-state index is -0.222. The molecule has 1 heteroatoms. The number of aliphatic hydroxyl groups is 1. The molecule has 5 atom stereocenters. The Labute approximate surface area is 86.9 Å². The van der Waals surface area contributed by atoms with E-state index < -0.39 is 0 Å². The fourth-order valence-corrected chi connectivity index (χ4v) is 4.68. The van der Waals surface area contributed by atoms with Gasteiger partial charge in [0.1, 0.15) is 0 Å². The lowest BCUT2D eigenvalue weighted by Crippen LogP contribution is -2.56. The van der Waals surface area contributed by atoms with Crippen LogP contribution in [-0.2, 0) is 0 Å². The van der Waals surface area contributed by atoms with Crippen LogP contribution in [0.5, 0.6) is 0 Å². The second kappa shape index (κ2) is 2.98. The summed E-state index contributed by atoms with van der Waals surface area (Å²) < 4.78 is 0. The Kier molecular flexibility index (Phi) is 1.96. The van der Waals surface area contributed by atoms with E-state index in [1.54, 1.807) is 0 Å². The molecule has 3 fully saturated rings. The van der Waals surface area contributed by atoms with Gasteiger partial charge < -0.3 is 5.11 Å². The van der Waals surface area contributed by atoms with Crippen LogP contribution < -0.4 is 0 Å². The molecule has 3 aliphatic rings. The van der Waals surface area contributed by atoms with Gasteiger partial charge in [-0.05, 0) is 55.8 Å². The molecule has 3 saturated carbocycles. The van der Waals surface area contributed by atoms with Crippen LogP contribution in [0.15, 0.2) is 0 Å². The van der Waals surface area contributed by atoms with Gasteiger partial charge in [-0.1, -0.05) is 19.8 Å². The minimum absolute atomic E-state index is 0.222. The molecule has 0 amide bonds.